The molecule has 2 heterocycles. The molecule has 1 saturated carbocycles. The first-order valence-corrected chi connectivity index (χ1v) is 7.84. The van der Waals surface area contributed by atoms with Gasteiger partial charge in [-0.1, -0.05) is 0 Å². The predicted molar refractivity (Wildman–Crippen MR) is 79.1 cm³/mol. The van der Waals surface area contributed by atoms with Crippen molar-refractivity contribution in [2.75, 3.05) is 6.54 Å². The highest BCUT2D eigenvalue weighted by atomic mass is 32.2. The molecule has 4 rings (SSSR count). The summed E-state index contributed by atoms with van der Waals surface area (Å²) in [5.74, 6) is 0.510. The van der Waals surface area contributed by atoms with Crippen LogP contribution in [0.2, 0.25) is 0 Å². The van der Waals surface area contributed by atoms with Crippen LogP contribution in [-0.4, -0.2) is 39.1 Å². The molecule has 1 aromatic carbocycles. The summed E-state index contributed by atoms with van der Waals surface area (Å²) < 4.78 is 0. The van der Waals surface area contributed by atoms with Gasteiger partial charge in [0.1, 0.15) is 0 Å². The topological polar surface area (TPSA) is 76.9 Å². The monoisotopic (exact) mass is 291 g/mol. The lowest BCUT2D eigenvalue weighted by molar-refractivity contribution is 0.315. The molecular formula is C14H17N3O2S. The molecular weight excluding hydrogens is 274 g/mol. The third kappa shape index (κ3) is 1.99. The summed E-state index contributed by atoms with van der Waals surface area (Å²) >= 11 is 1.80. The van der Waals surface area contributed by atoms with E-state index in [1.807, 2.05) is 6.07 Å². The highest BCUT2D eigenvalue weighted by Crippen LogP contribution is 2.42. The Balaban J connectivity index is 1.58. The Labute approximate surface area is 121 Å². The van der Waals surface area contributed by atoms with E-state index in [2.05, 4.69) is 10.9 Å². The zero-order chi connectivity index (χ0) is 13.7. The van der Waals surface area contributed by atoms with Crippen molar-refractivity contribution < 1.29 is 10.2 Å². The molecule has 6 heteroatoms. The minimum absolute atomic E-state index is 0.0802. The number of aliphatic imine (C=N–C) groups is 1. The van der Waals surface area contributed by atoms with Crippen molar-refractivity contribution in [1.82, 2.24) is 10.9 Å². The highest BCUT2D eigenvalue weighted by molar-refractivity contribution is 8.15. The Morgan fingerprint density at radius 2 is 2.10 bits per heavy atom. The van der Waals surface area contributed by atoms with E-state index < -0.39 is 0 Å². The maximum atomic E-state index is 9.62. The number of hydrogen-bond acceptors (Lipinski definition) is 6. The second kappa shape index (κ2) is 4.65. The molecule has 0 radical (unpaired) electrons. The van der Waals surface area contributed by atoms with E-state index in [9.17, 15) is 10.2 Å². The lowest BCUT2D eigenvalue weighted by Crippen LogP contribution is -2.41. The molecule has 1 saturated heterocycles. The fourth-order valence-electron chi connectivity index (χ4n) is 3.34. The van der Waals surface area contributed by atoms with Crippen molar-refractivity contribution in [1.29, 1.82) is 0 Å². The summed E-state index contributed by atoms with van der Waals surface area (Å²) in [6.45, 7) is 1.03. The van der Waals surface area contributed by atoms with Crippen LogP contribution in [0.15, 0.2) is 23.2 Å². The summed E-state index contributed by atoms with van der Waals surface area (Å²) in [6, 6.07) is 5.88. The van der Waals surface area contributed by atoms with Crippen LogP contribution in [0.5, 0.6) is 11.5 Å². The average Bonchev–Trinajstić information content (AvgIpc) is 3.04. The van der Waals surface area contributed by atoms with Gasteiger partial charge in [0.05, 0.1) is 11.1 Å². The standard InChI is InChI=1S/C14H17N3O2S/c18-11-2-1-7(4-12(11)19)14-16-10-3-8-6-15-17-9(8)5-13(10)20-14/h1-2,4,8-10,13,15,17-19H,3,5-6H2. The lowest BCUT2D eigenvalue weighted by Gasteiger charge is -2.31. The Morgan fingerprint density at radius 1 is 1.20 bits per heavy atom. The SMILES string of the molecule is Oc1ccc(C2=NC3CC4CNNC4CC3S2)cc1O. The molecule has 0 aromatic heterocycles. The first-order chi connectivity index (χ1) is 9.70. The van der Waals surface area contributed by atoms with Crippen molar-refractivity contribution >= 4 is 16.8 Å². The number of phenols is 2. The van der Waals surface area contributed by atoms with Gasteiger partial charge in [-0.25, -0.2) is 0 Å². The Hall–Kier alpha value is -1.24. The quantitative estimate of drug-likeness (QED) is 0.585. The molecule has 4 unspecified atom stereocenters. The summed E-state index contributed by atoms with van der Waals surface area (Å²) in [5, 5.41) is 20.5. The van der Waals surface area contributed by atoms with Crippen molar-refractivity contribution in [3.8, 4) is 11.5 Å². The first kappa shape index (κ1) is 12.5. The number of aromatic hydroxyl groups is 2. The zero-order valence-electron chi connectivity index (χ0n) is 10.9. The van der Waals surface area contributed by atoms with Crippen LogP contribution >= 0.6 is 11.8 Å². The van der Waals surface area contributed by atoms with Crippen LogP contribution in [0.4, 0.5) is 0 Å². The fraction of sp³-hybridized carbons (Fsp3) is 0.500. The van der Waals surface area contributed by atoms with Crippen LogP contribution in [-0.2, 0) is 0 Å². The Kier molecular flexibility index (Phi) is 2.90. The molecule has 0 amide bonds. The van der Waals surface area contributed by atoms with Gasteiger partial charge in [-0.15, -0.1) is 11.8 Å². The minimum Gasteiger partial charge on any atom is -0.504 e. The van der Waals surface area contributed by atoms with Gasteiger partial charge in [-0.3, -0.25) is 15.8 Å². The average molecular weight is 291 g/mol. The summed E-state index contributed by atoms with van der Waals surface area (Å²) in [6.07, 6.45) is 2.25. The van der Waals surface area contributed by atoms with Gasteiger partial charge in [0.15, 0.2) is 11.5 Å². The van der Waals surface area contributed by atoms with Crippen LogP contribution in [0.1, 0.15) is 18.4 Å². The normalized spacial score (nSPS) is 35.5. The number of rotatable bonds is 1. The van der Waals surface area contributed by atoms with E-state index >= 15 is 0 Å². The first-order valence-electron chi connectivity index (χ1n) is 6.96. The fourth-order valence-corrected chi connectivity index (χ4v) is 4.71. The molecule has 4 N–H and O–H groups in total. The lowest BCUT2D eigenvalue weighted by atomic mass is 9.83. The predicted octanol–water partition coefficient (Wildman–Crippen LogP) is 1.21. The van der Waals surface area contributed by atoms with E-state index in [4.69, 9.17) is 4.99 Å². The van der Waals surface area contributed by atoms with Gasteiger partial charge in [0.25, 0.3) is 0 Å². The zero-order valence-corrected chi connectivity index (χ0v) is 11.7. The van der Waals surface area contributed by atoms with E-state index in [1.54, 1.807) is 17.8 Å². The van der Waals surface area contributed by atoms with Crippen LogP contribution in [0.3, 0.4) is 0 Å². The molecule has 2 aliphatic heterocycles. The maximum Gasteiger partial charge on any atom is 0.158 e. The molecule has 1 aliphatic carbocycles. The van der Waals surface area contributed by atoms with Crippen molar-refractivity contribution in [2.24, 2.45) is 10.9 Å². The number of hydrogen-bond donors (Lipinski definition) is 4. The number of nitrogens with one attached hydrogen (secondary N) is 2. The van der Waals surface area contributed by atoms with Crippen LogP contribution < -0.4 is 10.9 Å². The van der Waals surface area contributed by atoms with Crippen LogP contribution in [0.25, 0.3) is 0 Å². The second-order valence-corrected chi connectivity index (χ2v) is 6.95. The largest absolute Gasteiger partial charge is 0.504 e. The molecule has 0 bridgehead atoms. The van der Waals surface area contributed by atoms with Gasteiger partial charge in [-0.05, 0) is 37.0 Å². The third-order valence-electron chi connectivity index (χ3n) is 4.45. The molecule has 4 atom stereocenters. The van der Waals surface area contributed by atoms with Gasteiger partial charge in [0.2, 0.25) is 0 Å². The summed E-state index contributed by atoms with van der Waals surface area (Å²) in [4.78, 5) is 4.84. The van der Waals surface area contributed by atoms with Gasteiger partial charge in [0, 0.05) is 23.4 Å². The number of fused-ring (bicyclic) bond motifs is 2. The van der Waals surface area contributed by atoms with Gasteiger partial charge >= 0.3 is 0 Å². The van der Waals surface area contributed by atoms with Gasteiger partial charge < -0.3 is 10.2 Å². The van der Waals surface area contributed by atoms with E-state index in [1.165, 1.54) is 6.07 Å². The summed E-state index contributed by atoms with van der Waals surface area (Å²) in [5.41, 5.74) is 7.50. The molecule has 0 spiro atoms. The van der Waals surface area contributed by atoms with Gasteiger partial charge in [-0.2, -0.15) is 0 Å². The Morgan fingerprint density at radius 3 is 2.95 bits per heavy atom. The van der Waals surface area contributed by atoms with Crippen LogP contribution in [0, 0.1) is 5.92 Å². The van der Waals surface area contributed by atoms with E-state index in [-0.39, 0.29) is 11.5 Å². The van der Waals surface area contributed by atoms with Crippen molar-refractivity contribution in [2.45, 2.75) is 30.2 Å². The van der Waals surface area contributed by atoms with Crippen molar-refractivity contribution in [3.63, 3.8) is 0 Å². The molecule has 20 heavy (non-hydrogen) atoms. The number of phenolic OH excluding ortho intramolecular Hbond substituents is 2. The number of thioether (sulfide) groups is 1. The van der Waals surface area contributed by atoms with E-state index in [0.717, 1.165) is 30.0 Å². The molecule has 1 aromatic rings. The number of nitrogens with zero attached hydrogens (tertiary/aromatic N) is 1. The molecule has 2 fully saturated rings. The molecule has 3 aliphatic rings. The third-order valence-corrected chi connectivity index (χ3v) is 5.82. The minimum atomic E-state index is -0.0837. The summed E-state index contributed by atoms with van der Waals surface area (Å²) in [7, 11) is 0. The van der Waals surface area contributed by atoms with E-state index in [0.29, 0.717) is 23.3 Å². The Bertz CT molecular complexity index is 578. The number of benzene rings is 1. The second-order valence-electron chi connectivity index (χ2n) is 5.72. The molecule has 106 valence electrons. The highest BCUT2D eigenvalue weighted by Gasteiger charge is 2.43. The molecule has 5 nitrogen and oxygen atoms in total. The smallest absolute Gasteiger partial charge is 0.158 e. The number of hydrazine groups is 1. The van der Waals surface area contributed by atoms with Crippen molar-refractivity contribution in [3.05, 3.63) is 23.8 Å². The maximum absolute atomic E-state index is 9.62.